The zero-order valence-electron chi connectivity index (χ0n) is 15.0. The maximum atomic E-state index is 12.5. The van der Waals surface area contributed by atoms with Crippen LogP contribution in [0, 0.1) is 6.92 Å². The van der Waals surface area contributed by atoms with Crippen LogP contribution in [0.1, 0.15) is 21.7 Å². The molecule has 0 fully saturated rings. The lowest BCUT2D eigenvalue weighted by molar-refractivity contribution is 0.102. The van der Waals surface area contributed by atoms with E-state index in [0.717, 1.165) is 5.56 Å². The van der Waals surface area contributed by atoms with Crippen LogP contribution in [0.2, 0.25) is 10.0 Å². The molecular weight excluding hydrogens is 403 g/mol. The van der Waals surface area contributed by atoms with E-state index in [4.69, 9.17) is 33.0 Å². The van der Waals surface area contributed by atoms with Gasteiger partial charge in [-0.2, -0.15) is 0 Å². The topological polar surface area (TPSA) is 89.3 Å². The molecule has 0 saturated carbocycles. The quantitative estimate of drug-likeness (QED) is 0.609. The summed E-state index contributed by atoms with van der Waals surface area (Å²) in [5.41, 5.74) is 2.36. The van der Waals surface area contributed by atoms with Gasteiger partial charge in [0.25, 0.3) is 5.91 Å². The van der Waals surface area contributed by atoms with Crippen LogP contribution in [-0.2, 0) is 6.54 Å². The van der Waals surface area contributed by atoms with E-state index in [-0.39, 0.29) is 24.8 Å². The second-order valence-corrected chi connectivity index (χ2v) is 6.79. The number of aromatic nitrogens is 3. The normalized spacial score (nSPS) is 10.7. The third-order valence-electron chi connectivity index (χ3n) is 3.99. The fraction of sp³-hybridized carbons (Fsp3) is 0.211. The minimum atomic E-state index is -0.359. The average molecular weight is 421 g/mol. The van der Waals surface area contributed by atoms with Crippen molar-refractivity contribution in [3.63, 3.8) is 0 Å². The van der Waals surface area contributed by atoms with Gasteiger partial charge in [-0.25, -0.2) is 4.68 Å². The fourth-order valence-electron chi connectivity index (χ4n) is 2.52. The van der Waals surface area contributed by atoms with Crippen molar-refractivity contribution in [1.29, 1.82) is 0 Å². The van der Waals surface area contributed by atoms with Crippen LogP contribution in [0.5, 0.6) is 5.75 Å². The molecule has 9 heteroatoms. The second kappa shape index (κ2) is 9.05. The number of nitrogens with one attached hydrogen (secondary N) is 1. The molecule has 0 aliphatic rings. The number of benzene rings is 2. The monoisotopic (exact) mass is 420 g/mol. The summed E-state index contributed by atoms with van der Waals surface area (Å²) in [6, 6.07) is 12.1. The Morgan fingerprint density at radius 2 is 1.93 bits per heavy atom. The Labute approximate surface area is 171 Å². The van der Waals surface area contributed by atoms with Crippen molar-refractivity contribution in [1.82, 2.24) is 15.0 Å². The summed E-state index contributed by atoms with van der Waals surface area (Å²) in [4.78, 5) is 12.5. The number of carbonyl (C=O) groups is 1. The molecule has 7 nitrogen and oxygen atoms in total. The Morgan fingerprint density at radius 1 is 1.18 bits per heavy atom. The SMILES string of the molecule is Cc1c(C(=O)Nc2ccc(OCCO)cc2)nnn1Cc1ccc(Cl)c(Cl)c1. The Bertz CT molecular complexity index is 974. The maximum Gasteiger partial charge on any atom is 0.278 e. The molecule has 28 heavy (non-hydrogen) atoms. The maximum absolute atomic E-state index is 12.5. The molecule has 0 bridgehead atoms. The number of aliphatic hydroxyl groups excluding tert-OH is 1. The van der Waals surface area contributed by atoms with Crippen LogP contribution in [0.3, 0.4) is 0 Å². The summed E-state index contributed by atoms with van der Waals surface area (Å²) < 4.78 is 6.91. The van der Waals surface area contributed by atoms with Crippen LogP contribution >= 0.6 is 23.2 Å². The molecule has 0 aliphatic carbocycles. The molecule has 0 unspecified atom stereocenters. The van der Waals surface area contributed by atoms with Gasteiger partial charge in [-0.15, -0.1) is 5.10 Å². The summed E-state index contributed by atoms with van der Waals surface area (Å²) in [5, 5.41) is 20.5. The summed E-state index contributed by atoms with van der Waals surface area (Å²) >= 11 is 12.0. The third kappa shape index (κ3) is 4.81. The minimum absolute atomic E-state index is 0.0599. The molecule has 0 spiro atoms. The first kappa shape index (κ1) is 20.1. The highest BCUT2D eigenvalue weighted by Gasteiger charge is 2.17. The molecule has 1 amide bonds. The lowest BCUT2D eigenvalue weighted by Crippen LogP contribution is -2.14. The van der Waals surface area contributed by atoms with Gasteiger partial charge in [0.2, 0.25) is 0 Å². The first-order valence-electron chi connectivity index (χ1n) is 8.47. The standard InChI is InChI=1S/C19H18Cl2N4O3/c1-12-18(19(27)22-14-3-5-15(6-4-14)28-9-8-26)23-24-25(12)11-13-2-7-16(20)17(21)10-13/h2-7,10,26H,8-9,11H2,1H3,(H,22,27). The predicted octanol–water partition coefficient (Wildman–Crippen LogP) is 3.57. The molecule has 2 N–H and O–H groups in total. The molecule has 2 aromatic carbocycles. The molecular formula is C19H18Cl2N4O3. The molecule has 3 aromatic rings. The van der Waals surface area contributed by atoms with Crippen molar-refractivity contribution in [2.45, 2.75) is 13.5 Å². The molecule has 146 valence electrons. The van der Waals surface area contributed by atoms with Crippen molar-refractivity contribution < 1.29 is 14.6 Å². The van der Waals surface area contributed by atoms with Gasteiger partial charge >= 0.3 is 0 Å². The number of anilines is 1. The number of halogens is 2. The predicted molar refractivity (Wildman–Crippen MR) is 107 cm³/mol. The average Bonchev–Trinajstić information content (AvgIpc) is 3.04. The summed E-state index contributed by atoms with van der Waals surface area (Å²) in [7, 11) is 0. The van der Waals surface area contributed by atoms with Gasteiger partial charge in [0.05, 0.1) is 28.9 Å². The van der Waals surface area contributed by atoms with Gasteiger partial charge < -0.3 is 15.2 Å². The largest absolute Gasteiger partial charge is 0.491 e. The summed E-state index contributed by atoms with van der Waals surface area (Å²) in [5.74, 6) is 0.248. The Hall–Kier alpha value is -2.61. The first-order valence-corrected chi connectivity index (χ1v) is 9.22. The van der Waals surface area contributed by atoms with E-state index in [1.54, 1.807) is 48.0 Å². The van der Waals surface area contributed by atoms with Gasteiger partial charge in [-0.1, -0.05) is 34.5 Å². The Kier molecular flexibility index (Phi) is 6.51. The van der Waals surface area contributed by atoms with Gasteiger partial charge in [-0.05, 0) is 48.9 Å². The zero-order chi connectivity index (χ0) is 20.1. The molecule has 0 saturated heterocycles. The van der Waals surface area contributed by atoms with E-state index < -0.39 is 0 Å². The number of ether oxygens (including phenoxy) is 1. The van der Waals surface area contributed by atoms with Crippen LogP contribution in [0.4, 0.5) is 5.69 Å². The van der Waals surface area contributed by atoms with Crippen LogP contribution in [0.15, 0.2) is 42.5 Å². The number of carbonyl (C=O) groups excluding carboxylic acids is 1. The lowest BCUT2D eigenvalue weighted by atomic mass is 10.2. The third-order valence-corrected chi connectivity index (χ3v) is 4.73. The first-order chi connectivity index (χ1) is 13.5. The molecule has 1 heterocycles. The van der Waals surface area contributed by atoms with Crippen molar-refractivity contribution in [2.75, 3.05) is 18.5 Å². The molecule has 0 atom stereocenters. The highest BCUT2D eigenvalue weighted by atomic mass is 35.5. The van der Waals surface area contributed by atoms with E-state index >= 15 is 0 Å². The number of amides is 1. The van der Waals surface area contributed by atoms with Crippen LogP contribution in [0.25, 0.3) is 0 Å². The zero-order valence-corrected chi connectivity index (χ0v) is 16.5. The van der Waals surface area contributed by atoms with Gasteiger partial charge in [0.15, 0.2) is 5.69 Å². The number of hydrogen-bond donors (Lipinski definition) is 2. The highest BCUT2D eigenvalue weighted by molar-refractivity contribution is 6.42. The van der Waals surface area contributed by atoms with Crippen molar-refractivity contribution in [2.24, 2.45) is 0 Å². The van der Waals surface area contributed by atoms with E-state index in [1.807, 2.05) is 6.07 Å². The minimum Gasteiger partial charge on any atom is -0.491 e. The van der Waals surface area contributed by atoms with Gasteiger partial charge in [-0.3, -0.25) is 4.79 Å². The molecule has 0 aliphatic heterocycles. The number of nitrogens with zero attached hydrogens (tertiary/aromatic N) is 3. The summed E-state index contributed by atoms with van der Waals surface area (Å²) in [6.45, 7) is 2.35. The van der Waals surface area contributed by atoms with E-state index in [1.165, 1.54) is 0 Å². The van der Waals surface area contributed by atoms with Crippen molar-refractivity contribution >= 4 is 34.8 Å². The number of rotatable bonds is 7. The number of hydrogen-bond acceptors (Lipinski definition) is 5. The van der Waals surface area contributed by atoms with E-state index in [0.29, 0.717) is 33.7 Å². The van der Waals surface area contributed by atoms with E-state index in [2.05, 4.69) is 15.6 Å². The van der Waals surface area contributed by atoms with Crippen LogP contribution < -0.4 is 10.1 Å². The second-order valence-electron chi connectivity index (χ2n) is 5.98. The van der Waals surface area contributed by atoms with E-state index in [9.17, 15) is 4.79 Å². The lowest BCUT2D eigenvalue weighted by Gasteiger charge is -2.07. The smallest absolute Gasteiger partial charge is 0.278 e. The Morgan fingerprint density at radius 3 is 2.61 bits per heavy atom. The van der Waals surface area contributed by atoms with Crippen molar-refractivity contribution in [3.8, 4) is 5.75 Å². The molecule has 3 rings (SSSR count). The number of aliphatic hydroxyl groups is 1. The van der Waals surface area contributed by atoms with Crippen molar-refractivity contribution in [3.05, 3.63) is 69.5 Å². The molecule has 0 radical (unpaired) electrons. The van der Waals surface area contributed by atoms with Crippen LogP contribution in [-0.4, -0.2) is 39.2 Å². The Balaban J connectivity index is 1.68. The fourth-order valence-corrected chi connectivity index (χ4v) is 2.84. The summed E-state index contributed by atoms with van der Waals surface area (Å²) in [6.07, 6.45) is 0. The highest BCUT2D eigenvalue weighted by Crippen LogP contribution is 2.23. The van der Waals surface area contributed by atoms with Gasteiger partial charge in [0, 0.05) is 5.69 Å². The van der Waals surface area contributed by atoms with Gasteiger partial charge in [0.1, 0.15) is 12.4 Å². The molecule has 1 aromatic heterocycles.